The van der Waals surface area contributed by atoms with Crippen LogP contribution >= 0.6 is 0 Å². The molecule has 0 saturated carbocycles. The van der Waals surface area contributed by atoms with Crippen molar-refractivity contribution in [1.29, 1.82) is 0 Å². The molecule has 0 aromatic heterocycles. The number of hydrogen-bond acceptors (Lipinski definition) is 1. The second kappa shape index (κ2) is 4.97. The molecule has 1 aliphatic heterocycles. The van der Waals surface area contributed by atoms with E-state index in [1.807, 2.05) is 42.5 Å². The Morgan fingerprint density at radius 3 is 2.25 bits per heavy atom. The van der Waals surface area contributed by atoms with E-state index in [0.29, 0.717) is 11.3 Å². The molecule has 0 unspecified atom stereocenters. The maximum absolute atomic E-state index is 14.8. The van der Waals surface area contributed by atoms with Gasteiger partial charge in [0.05, 0.1) is 5.71 Å². The van der Waals surface area contributed by atoms with Gasteiger partial charge in [-0.25, -0.2) is 0 Å². The first kappa shape index (κ1) is 15.0. The molecule has 0 saturated heterocycles. The van der Waals surface area contributed by atoms with E-state index in [4.69, 9.17) is 0 Å². The molecular formula is C21H17F2N. The summed E-state index contributed by atoms with van der Waals surface area (Å²) in [7, 11) is 0. The molecule has 0 bridgehead atoms. The Hall–Kier alpha value is -2.55. The van der Waals surface area contributed by atoms with Crippen molar-refractivity contribution in [3.63, 3.8) is 0 Å². The molecule has 4 rings (SSSR count). The van der Waals surface area contributed by atoms with Crippen LogP contribution in [0.5, 0.6) is 0 Å². The first-order chi connectivity index (χ1) is 11.4. The summed E-state index contributed by atoms with van der Waals surface area (Å²) in [5.74, 6) is -3.00. The van der Waals surface area contributed by atoms with Crippen LogP contribution in [0.25, 0.3) is 10.8 Å². The monoisotopic (exact) mass is 321 g/mol. The van der Waals surface area contributed by atoms with Gasteiger partial charge in [0.2, 0.25) is 0 Å². The number of hydrogen-bond donors (Lipinski definition) is 0. The molecule has 0 spiro atoms. The number of fused-ring (bicyclic) bond motifs is 2. The van der Waals surface area contributed by atoms with Crippen molar-refractivity contribution in [2.24, 2.45) is 4.99 Å². The summed E-state index contributed by atoms with van der Waals surface area (Å²) in [4.78, 5) is 4.45. The van der Waals surface area contributed by atoms with Crippen LogP contribution in [0, 0.1) is 0 Å². The second-order valence-corrected chi connectivity index (χ2v) is 6.70. The van der Waals surface area contributed by atoms with E-state index in [9.17, 15) is 8.78 Å². The third-order valence-corrected chi connectivity index (χ3v) is 4.70. The van der Waals surface area contributed by atoms with Gasteiger partial charge in [0.15, 0.2) is 0 Å². The van der Waals surface area contributed by atoms with Crippen molar-refractivity contribution in [3.05, 3.63) is 83.4 Å². The van der Waals surface area contributed by atoms with E-state index in [1.165, 1.54) is 19.9 Å². The van der Waals surface area contributed by atoms with Crippen molar-refractivity contribution in [3.8, 4) is 0 Å². The van der Waals surface area contributed by atoms with Gasteiger partial charge in [0.25, 0.3) is 5.92 Å². The van der Waals surface area contributed by atoms with Crippen molar-refractivity contribution < 1.29 is 8.78 Å². The minimum atomic E-state index is -3.00. The largest absolute Gasteiger partial charge is 0.297 e. The number of alkyl halides is 2. The molecular weight excluding hydrogens is 304 g/mol. The Kier molecular flexibility index (Phi) is 3.11. The molecule has 0 atom stereocenters. The lowest BCUT2D eigenvalue weighted by molar-refractivity contribution is -0.0681. The fourth-order valence-corrected chi connectivity index (χ4v) is 3.26. The summed E-state index contributed by atoms with van der Waals surface area (Å²) >= 11 is 0. The maximum atomic E-state index is 14.8. The summed E-state index contributed by atoms with van der Waals surface area (Å²) in [5.41, 5.74) is 0.574. The topological polar surface area (TPSA) is 12.4 Å². The van der Waals surface area contributed by atoms with Gasteiger partial charge in [-0.15, -0.1) is 0 Å². The van der Waals surface area contributed by atoms with Crippen LogP contribution in [0.2, 0.25) is 0 Å². The molecule has 1 nitrogen and oxygen atoms in total. The normalized spacial score (nSPS) is 18.1. The van der Waals surface area contributed by atoms with Crippen LogP contribution in [0.15, 0.2) is 71.7 Å². The average molecular weight is 321 g/mol. The molecule has 3 heteroatoms. The molecule has 0 fully saturated rings. The summed E-state index contributed by atoms with van der Waals surface area (Å²) in [5, 5.41) is 2.20. The number of benzene rings is 3. The standard InChI is InChI=1S/C21H17F2N/c1-20(2)21(22,23)18-10-6-5-9-17(18)19(24-20)16-12-11-14-7-3-4-8-15(14)13-16/h3-13H,1-2H3. The number of rotatable bonds is 1. The van der Waals surface area contributed by atoms with Crippen molar-refractivity contribution in [1.82, 2.24) is 0 Å². The molecule has 0 radical (unpaired) electrons. The second-order valence-electron chi connectivity index (χ2n) is 6.70. The molecule has 3 aromatic rings. The van der Waals surface area contributed by atoms with E-state index in [2.05, 4.69) is 4.99 Å². The fraction of sp³-hybridized carbons (Fsp3) is 0.190. The third kappa shape index (κ3) is 2.08. The number of nitrogens with zero attached hydrogens (tertiary/aromatic N) is 1. The highest BCUT2D eigenvalue weighted by Crippen LogP contribution is 2.46. The highest BCUT2D eigenvalue weighted by atomic mass is 19.3. The van der Waals surface area contributed by atoms with Crippen molar-refractivity contribution >= 4 is 16.5 Å². The number of aliphatic imine (C=N–C) groups is 1. The lowest BCUT2D eigenvalue weighted by Gasteiger charge is -2.37. The maximum Gasteiger partial charge on any atom is 0.297 e. The van der Waals surface area contributed by atoms with Crippen LogP contribution in [-0.4, -0.2) is 11.3 Å². The van der Waals surface area contributed by atoms with Gasteiger partial charge < -0.3 is 0 Å². The van der Waals surface area contributed by atoms with E-state index in [1.54, 1.807) is 18.2 Å². The first-order valence-electron chi connectivity index (χ1n) is 7.97. The minimum absolute atomic E-state index is 0.0492. The van der Waals surface area contributed by atoms with Crippen LogP contribution in [0.3, 0.4) is 0 Å². The zero-order valence-corrected chi connectivity index (χ0v) is 13.6. The van der Waals surface area contributed by atoms with Crippen LogP contribution in [0.1, 0.15) is 30.5 Å². The third-order valence-electron chi connectivity index (χ3n) is 4.70. The minimum Gasteiger partial charge on any atom is -0.271 e. The van der Waals surface area contributed by atoms with Gasteiger partial charge in [-0.1, -0.05) is 60.7 Å². The lowest BCUT2D eigenvalue weighted by atomic mass is 9.81. The molecule has 0 aliphatic carbocycles. The first-order valence-corrected chi connectivity index (χ1v) is 7.97. The SMILES string of the molecule is CC1(C)N=C(c2ccc3ccccc3c2)c2ccccc2C1(F)F. The Bertz CT molecular complexity index is 970. The van der Waals surface area contributed by atoms with Gasteiger partial charge in [-0.2, -0.15) is 8.78 Å². The molecule has 0 N–H and O–H groups in total. The van der Waals surface area contributed by atoms with Crippen molar-refractivity contribution in [2.45, 2.75) is 25.3 Å². The molecule has 1 heterocycles. The molecule has 0 amide bonds. The fourth-order valence-electron chi connectivity index (χ4n) is 3.26. The predicted octanol–water partition coefficient (Wildman–Crippen LogP) is 5.56. The van der Waals surface area contributed by atoms with Crippen LogP contribution < -0.4 is 0 Å². The quantitative estimate of drug-likeness (QED) is 0.556. The molecule has 120 valence electrons. The Labute approximate surface area is 139 Å². The van der Waals surface area contributed by atoms with E-state index in [0.717, 1.165) is 16.3 Å². The van der Waals surface area contributed by atoms with E-state index < -0.39 is 11.5 Å². The number of halogens is 2. The molecule has 3 aromatic carbocycles. The van der Waals surface area contributed by atoms with Crippen LogP contribution in [-0.2, 0) is 5.92 Å². The zero-order valence-electron chi connectivity index (χ0n) is 13.6. The summed E-state index contributed by atoms with van der Waals surface area (Å²) in [6.07, 6.45) is 0. The summed E-state index contributed by atoms with van der Waals surface area (Å²) < 4.78 is 29.6. The summed E-state index contributed by atoms with van der Waals surface area (Å²) in [6.45, 7) is 2.98. The highest BCUT2D eigenvalue weighted by Gasteiger charge is 2.52. The van der Waals surface area contributed by atoms with E-state index in [-0.39, 0.29) is 5.56 Å². The Morgan fingerprint density at radius 2 is 1.46 bits per heavy atom. The highest BCUT2D eigenvalue weighted by molar-refractivity contribution is 6.16. The lowest BCUT2D eigenvalue weighted by Crippen LogP contribution is -2.44. The van der Waals surface area contributed by atoms with Crippen molar-refractivity contribution in [2.75, 3.05) is 0 Å². The van der Waals surface area contributed by atoms with E-state index >= 15 is 0 Å². The van der Waals surface area contributed by atoms with Gasteiger partial charge in [-0.3, -0.25) is 4.99 Å². The van der Waals surface area contributed by atoms with Gasteiger partial charge >= 0.3 is 0 Å². The average Bonchev–Trinajstić information content (AvgIpc) is 2.58. The zero-order chi connectivity index (χ0) is 16.9. The van der Waals surface area contributed by atoms with Crippen LogP contribution in [0.4, 0.5) is 8.78 Å². The Balaban J connectivity index is 1.98. The predicted molar refractivity (Wildman–Crippen MR) is 94.0 cm³/mol. The summed E-state index contributed by atoms with van der Waals surface area (Å²) in [6, 6.07) is 20.7. The smallest absolute Gasteiger partial charge is 0.271 e. The van der Waals surface area contributed by atoms with Gasteiger partial charge in [0.1, 0.15) is 5.54 Å². The van der Waals surface area contributed by atoms with Gasteiger partial charge in [-0.05, 0) is 30.7 Å². The van der Waals surface area contributed by atoms with Gasteiger partial charge in [0, 0.05) is 16.7 Å². The Morgan fingerprint density at radius 1 is 0.792 bits per heavy atom. The molecule has 24 heavy (non-hydrogen) atoms. The molecule has 1 aliphatic rings.